The van der Waals surface area contributed by atoms with Gasteiger partial charge < -0.3 is 15.1 Å². The van der Waals surface area contributed by atoms with Gasteiger partial charge >= 0.3 is 6.18 Å². The fourth-order valence-electron chi connectivity index (χ4n) is 3.95. The highest BCUT2D eigenvalue weighted by Crippen LogP contribution is 2.29. The van der Waals surface area contributed by atoms with Crippen molar-refractivity contribution in [1.82, 2.24) is 15.1 Å². The number of benzene rings is 2. The summed E-state index contributed by atoms with van der Waals surface area (Å²) in [5, 5.41) is 2.76. The van der Waals surface area contributed by atoms with Crippen molar-refractivity contribution < 1.29 is 27.6 Å². The predicted molar refractivity (Wildman–Crippen MR) is 117 cm³/mol. The first kappa shape index (κ1) is 23.2. The molecule has 3 amide bonds. The average molecular weight is 478 g/mol. The number of fused-ring (bicyclic) bond motifs is 1. The smallest absolute Gasteiger partial charge is 0.342 e. The third-order valence-corrected chi connectivity index (χ3v) is 6.83. The summed E-state index contributed by atoms with van der Waals surface area (Å²) >= 11 is 1.56. The number of nitrogens with one attached hydrogen (secondary N) is 1. The molecule has 0 saturated carbocycles. The zero-order valence-electron chi connectivity index (χ0n) is 17.5. The lowest BCUT2D eigenvalue weighted by Crippen LogP contribution is -2.70. The fourth-order valence-corrected chi connectivity index (χ4v) is 4.96. The van der Waals surface area contributed by atoms with Crippen LogP contribution in [0.1, 0.15) is 21.5 Å². The minimum Gasteiger partial charge on any atom is -0.342 e. The number of halogens is 3. The van der Waals surface area contributed by atoms with Crippen LogP contribution in [0, 0.1) is 0 Å². The molecule has 2 saturated heterocycles. The molecule has 0 aliphatic carbocycles. The number of hydrogen-bond donors (Lipinski definition) is 1. The van der Waals surface area contributed by atoms with E-state index < -0.39 is 29.7 Å². The van der Waals surface area contributed by atoms with Crippen LogP contribution in [-0.2, 0) is 21.5 Å². The summed E-state index contributed by atoms with van der Waals surface area (Å²) in [6, 6.07) is 12.4. The van der Waals surface area contributed by atoms with E-state index in [1.165, 1.54) is 9.80 Å². The number of alkyl halides is 3. The minimum atomic E-state index is -4.48. The first-order valence-electron chi connectivity index (χ1n) is 10.4. The van der Waals surface area contributed by atoms with E-state index in [0.29, 0.717) is 5.75 Å². The van der Waals surface area contributed by atoms with Gasteiger partial charge in [-0.25, -0.2) is 0 Å². The number of carbonyl (C=O) groups excluding carboxylic acids is 3. The van der Waals surface area contributed by atoms with Crippen LogP contribution in [0.2, 0.25) is 0 Å². The van der Waals surface area contributed by atoms with Gasteiger partial charge in [-0.05, 0) is 29.8 Å². The molecule has 0 bridgehead atoms. The van der Waals surface area contributed by atoms with Crippen molar-refractivity contribution in [2.24, 2.45) is 0 Å². The molecule has 2 heterocycles. The van der Waals surface area contributed by atoms with Gasteiger partial charge in [0, 0.05) is 30.2 Å². The highest BCUT2D eigenvalue weighted by molar-refractivity contribution is 7.98. The Hall–Kier alpha value is -3.01. The molecule has 6 nitrogen and oxygen atoms in total. The Morgan fingerprint density at radius 2 is 1.73 bits per heavy atom. The molecule has 33 heavy (non-hydrogen) atoms. The minimum absolute atomic E-state index is 0.00130. The monoisotopic (exact) mass is 477 g/mol. The van der Waals surface area contributed by atoms with Gasteiger partial charge in [0.05, 0.1) is 12.1 Å². The quantitative estimate of drug-likeness (QED) is 0.719. The van der Waals surface area contributed by atoms with Gasteiger partial charge in [-0.2, -0.15) is 24.9 Å². The predicted octanol–water partition coefficient (Wildman–Crippen LogP) is 2.79. The first-order valence-corrected chi connectivity index (χ1v) is 11.6. The summed E-state index contributed by atoms with van der Waals surface area (Å²) in [6.45, 7) is 0.406. The third kappa shape index (κ3) is 5.16. The van der Waals surface area contributed by atoms with Gasteiger partial charge in [0.15, 0.2) is 0 Å². The van der Waals surface area contributed by atoms with Gasteiger partial charge in [0.2, 0.25) is 11.8 Å². The fraction of sp³-hybridized carbons (Fsp3) is 0.348. The van der Waals surface area contributed by atoms with Crippen molar-refractivity contribution in [3.05, 3.63) is 71.3 Å². The highest BCUT2D eigenvalue weighted by Gasteiger charge is 2.44. The molecule has 1 N–H and O–H groups in total. The van der Waals surface area contributed by atoms with Gasteiger partial charge in [0.1, 0.15) is 12.1 Å². The van der Waals surface area contributed by atoms with Crippen LogP contribution in [0.15, 0.2) is 54.6 Å². The third-order valence-electron chi connectivity index (χ3n) is 5.72. The highest BCUT2D eigenvalue weighted by atomic mass is 32.2. The molecule has 4 rings (SSSR count). The second kappa shape index (κ2) is 9.46. The number of rotatable bonds is 5. The molecule has 174 valence electrons. The second-order valence-corrected chi connectivity index (χ2v) is 8.97. The number of thioether (sulfide) groups is 1. The first-order chi connectivity index (χ1) is 15.7. The Balaban J connectivity index is 1.35. The van der Waals surface area contributed by atoms with Gasteiger partial charge in [-0.15, -0.1) is 0 Å². The Labute approximate surface area is 193 Å². The lowest BCUT2D eigenvalue weighted by atomic mass is 10.0. The maximum Gasteiger partial charge on any atom is 0.416 e. The number of hydrogen-bond acceptors (Lipinski definition) is 4. The molecule has 0 spiro atoms. The van der Waals surface area contributed by atoms with Crippen molar-refractivity contribution in [2.75, 3.05) is 25.4 Å². The number of nitrogens with zero attached hydrogens (tertiary/aromatic N) is 2. The van der Waals surface area contributed by atoms with Crippen LogP contribution in [-0.4, -0.2) is 65.0 Å². The van der Waals surface area contributed by atoms with Crippen LogP contribution >= 0.6 is 11.8 Å². The zero-order chi connectivity index (χ0) is 23.6. The van der Waals surface area contributed by atoms with Crippen molar-refractivity contribution >= 4 is 29.5 Å². The number of carbonyl (C=O) groups is 3. The van der Waals surface area contributed by atoms with Crippen LogP contribution in [0.3, 0.4) is 0 Å². The van der Waals surface area contributed by atoms with E-state index in [-0.39, 0.29) is 37.0 Å². The average Bonchev–Trinajstić information content (AvgIpc) is 2.81. The molecule has 2 aliphatic heterocycles. The molecule has 2 atom stereocenters. The summed E-state index contributed by atoms with van der Waals surface area (Å²) in [5.74, 6) is 0.187. The molecular weight excluding hydrogens is 455 g/mol. The van der Waals surface area contributed by atoms with E-state index in [1.807, 2.05) is 30.3 Å². The Morgan fingerprint density at radius 3 is 2.39 bits per heavy atom. The van der Waals surface area contributed by atoms with E-state index >= 15 is 0 Å². The number of amides is 3. The molecule has 2 fully saturated rings. The van der Waals surface area contributed by atoms with Crippen LogP contribution in [0.25, 0.3) is 0 Å². The Bertz CT molecular complexity index is 1030. The number of piperazine rings is 2. The van der Waals surface area contributed by atoms with E-state index in [2.05, 4.69) is 5.32 Å². The molecule has 2 aromatic rings. The van der Waals surface area contributed by atoms with Crippen LogP contribution in [0.4, 0.5) is 13.2 Å². The van der Waals surface area contributed by atoms with Gasteiger partial charge in [-0.3, -0.25) is 14.4 Å². The normalized spacial score (nSPS) is 20.9. The summed E-state index contributed by atoms with van der Waals surface area (Å²) in [6.07, 6.45) is -4.48. The molecular formula is C23H22F3N3O3S. The van der Waals surface area contributed by atoms with Crippen molar-refractivity contribution in [2.45, 2.75) is 24.0 Å². The Morgan fingerprint density at radius 1 is 1.03 bits per heavy atom. The molecule has 2 aromatic carbocycles. The molecule has 0 radical (unpaired) electrons. The van der Waals surface area contributed by atoms with E-state index in [4.69, 9.17) is 0 Å². The van der Waals surface area contributed by atoms with Crippen LogP contribution in [0.5, 0.6) is 0 Å². The molecule has 10 heteroatoms. The standard InChI is InChI=1S/C23H22F3N3O3S/c24-23(25,26)17-8-6-16(7-9-17)21(31)28-10-11-29-19(12-28)20(30)27-18(22(29)32)14-33-13-15-4-2-1-3-5-15/h1-9,18-19H,10-14H2,(H,27,30)/t18-,19+/m0/s1. The second-order valence-electron chi connectivity index (χ2n) is 7.94. The van der Waals surface area contributed by atoms with E-state index in [1.54, 1.807) is 11.8 Å². The van der Waals surface area contributed by atoms with E-state index in [9.17, 15) is 27.6 Å². The van der Waals surface area contributed by atoms with Crippen molar-refractivity contribution in [1.29, 1.82) is 0 Å². The maximum atomic E-state index is 12.9. The van der Waals surface area contributed by atoms with Crippen molar-refractivity contribution in [3.8, 4) is 0 Å². The van der Waals surface area contributed by atoms with Crippen LogP contribution < -0.4 is 5.32 Å². The summed E-state index contributed by atoms with van der Waals surface area (Å²) < 4.78 is 38.3. The summed E-state index contributed by atoms with van der Waals surface area (Å²) in [7, 11) is 0. The maximum absolute atomic E-state index is 12.9. The summed E-state index contributed by atoms with van der Waals surface area (Å²) in [5.41, 5.74) is 0.400. The molecule has 0 unspecified atom stereocenters. The molecule has 2 aliphatic rings. The lowest BCUT2D eigenvalue weighted by molar-refractivity contribution is -0.151. The van der Waals surface area contributed by atoms with Crippen molar-refractivity contribution in [3.63, 3.8) is 0 Å². The Kier molecular flexibility index (Phi) is 6.64. The van der Waals surface area contributed by atoms with E-state index in [0.717, 1.165) is 35.6 Å². The zero-order valence-corrected chi connectivity index (χ0v) is 18.4. The van der Waals surface area contributed by atoms with Gasteiger partial charge in [-0.1, -0.05) is 30.3 Å². The SMILES string of the molecule is O=C1N[C@@H](CSCc2ccccc2)C(=O)N2CCN(C(=O)c3ccc(C(F)(F)F)cc3)C[C@H]12. The lowest BCUT2D eigenvalue weighted by Gasteiger charge is -2.45. The summed E-state index contributed by atoms with van der Waals surface area (Å²) in [4.78, 5) is 41.3. The topological polar surface area (TPSA) is 69.7 Å². The molecule has 0 aromatic heterocycles. The largest absolute Gasteiger partial charge is 0.416 e. The van der Waals surface area contributed by atoms with Gasteiger partial charge in [0.25, 0.3) is 5.91 Å².